The Labute approximate surface area is 190 Å². The van der Waals surface area contributed by atoms with Crippen LogP contribution in [0.1, 0.15) is 105 Å². The van der Waals surface area contributed by atoms with E-state index in [0.717, 1.165) is 58.2 Å². The van der Waals surface area contributed by atoms with E-state index in [-0.39, 0.29) is 23.4 Å². The highest BCUT2D eigenvalue weighted by Gasteiger charge is 2.37. The van der Waals surface area contributed by atoms with Crippen LogP contribution >= 0.6 is 0 Å². The van der Waals surface area contributed by atoms with Crippen molar-refractivity contribution in [3.8, 4) is 0 Å². The molecular weight excluding hydrogens is 392 g/mol. The van der Waals surface area contributed by atoms with Crippen molar-refractivity contribution >= 4 is 11.9 Å². The van der Waals surface area contributed by atoms with Crippen LogP contribution in [0, 0.1) is 10.8 Å². The van der Waals surface area contributed by atoms with E-state index in [0.29, 0.717) is 25.0 Å². The quantitative estimate of drug-likeness (QED) is 0.224. The van der Waals surface area contributed by atoms with Crippen molar-refractivity contribution in [2.45, 2.75) is 111 Å². The molecule has 0 bridgehead atoms. The largest absolute Gasteiger partial charge is 0.396 e. The number of ether oxygens (including phenoxy) is 1. The number of urea groups is 1. The van der Waals surface area contributed by atoms with Crippen LogP contribution in [-0.2, 0) is 9.53 Å². The second kappa shape index (κ2) is 14.1. The van der Waals surface area contributed by atoms with Crippen LogP contribution in [0.15, 0.2) is 0 Å². The summed E-state index contributed by atoms with van der Waals surface area (Å²) >= 11 is 0. The maximum absolute atomic E-state index is 12.2. The summed E-state index contributed by atoms with van der Waals surface area (Å²) in [6, 6.07) is -0.584. The summed E-state index contributed by atoms with van der Waals surface area (Å²) < 4.78 is 5.82. The van der Waals surface area contributed by atoms with Crippen molar-refractivity contribution in [3.05, 3.63) is 0 Å². The lowest BCUT2D eigenvalue weighted by Gasteiger charge is -2.26. The van der Waals surface area contributed by atoms with Crippen molar-refractivity contribution in [2.75, 3.05) is 26.4 Å². The Morgan fingerprint density at radius 2 is 1.39 bits per heavy atom. The topological polar surface area (TPSA) is 78.9 Å². The van der Waals surface area contributed by atoms with E-state index in [9.17, 15) is 9.59 Å². The molecule has 31 heavy (non-hydrogen) atoms. The zero-order valence-corrected chi connectivity index (χ0v) is 20.8. The van der Waals surface area contributed by atoms with Gasteiger partial charge in [-0.1, -0.05) is 53.9 Å². The van der Waals surface area contributed by atoms with Crippen molar-refractivity contribution in [2.24, 2.45) is 10.8 Å². The number of aliphatic hydroxyl groups is 1. The van der Waals surface area contributed by atoms with Gasteiger partial charge < -0.3 is 15.2 Å². The van der Waals surface area contributed by atoms with Crippen molar-refractivity contribution in [3.63, 3.8) is 0 Å². The normalized spacial score (nSPS) is 17.5. The van der Waals surface area contributed by atoms with Gasteiger partial charge in [-0.15, -0.1) is 0 Å². The molecule has 0 spiro atoms. The molecule has 1 aliphatic heterocycles. The highest BCUT2D eigenvalue weighted by molar-refractivity contribution is 6.04. The average Bonchev–Trinajstić information content (AvgIpc) is 2.98. The Kier molecular flexibility index (Phi) is 12.7. The molecule has 182 valence electrons. The predicted octanol–water partition coefficient (Wildman–Crippen LogP) is 5.28. The van der Waals surface area contributed by atoms with Gasteiger partial charge in [-0.05, 0) is 62.2 Å². The van der Waals surface area contributed by atoms with Crippen LogP contribution in [0.5, 0.6) is 0 Å². The first kappa shape index (κ1) is 27.9. The molecule has 0 aromatic rings. The molecule has 1 aliphatic rings. The van der Waals surface area contributed by atoms with Crippen LogP contribution in [-0.4, -0.2) is 54.4 Å². The minimum absolute atomic E-state index is 0.0785. The SMILES string of the molecule is CCC1NC(=O)N(CCC(C)(C)CCCCOCCCCC(C)(C)CCCCO)C1=O. The number of imide groups is 1. The molecule has 0 saturated carbocycles. The lowest BCUT2D eigenvalue weighted by atomic mass is 9.82. The standard InChI is InChI=1S/C25H48N2O4/c1-6-21-22(29)27(23(30)26-21)17-16-25(4,5)15-9-12-20-31-19-11-8-14-24(2,3)13-7-10-18-28/h21,28H,6-20H2,1-5H3,(H,26,30). The highest BCUT2D eigenvalue weighted by Crippen LogP contribution is 2.30. The van der Waals surface area contributed by atoms with Gasteiger partial charge in [0.25, 0.3) is 5.91 Å². The molecule has 3 amide bonds. The molecule has 0 radical (unpaired) electrons. The molecule has 1 saturated heterocycles. The number of aliphatic hydroxyl groups excluding tert-OH is 1. The molecule has 6 heteroatoms. The monoisotopic (exact) mass is 440 g/mol. The summed E-state index contributed by atoms with van der Waals surface area (Å²) in [6.45, 7) is 13.4. The number of carbonyl (C=O) groups is 2. The summed E-state index contributed by atoms with van der Waals surface area (Å²) in [6.07, 6.45) is 11.4. The van der Waals surface area contributed by atoms with Gasteiger partial charge in [-0.25, -0.2) is 4.79 Å². The molecule has 6 nitrogen and oxygen atoms in total. The summed E-state index contributed by atoms with van der Waals surface area (Å²) in [5, 5.41) is 11.7. The van der Waals surface area contributed by atoms with Gasteiger partial charge in [0.2, 0.25) is 0 Å². The maximum Gasteiger partial charge on any atom is 0.324 e. The van der Waals surface area contributed by atoms with Gasteiger partial charge in [0, 0.05) is 26.4 Å². The first-order valence-corrected chi connectivity index (χ1v) is 12.4. The van der Waals surface area contributed by atoms with E-state index in [4.69, 9.17) is 9.84 Å². The zero-order chi connectivity index (χ0) is 23.3. The fraction of sp³-hybridized carbons (Fsp3) is 0.920. The van der Waals surface area contributed by atoms with Crippen LogP contribution in [0.2, 0.25) is 0 Å². The van der Waals surface area contributed by atoms with E-state index in [2.05, 4.69) is 33.0 Å². The van der Waals surface area contributed by atoms with Gasteiger partial charge in [0.15, 0.2) is 0 Å². The number of nitrogens with zero attached hydrogens (tertiary/aromatic N) is 1. The van der Waals surface area contributed by atoms with Crippen molar-refractivity contribution in [1.82, 2.24) is 10.2 Å². The Hall–Kier alpha value is -1.14. The lowest BCUT2D eigenvalue weighted by molar-refractivity contribution is -0.127. The minimum Gasteiger partial charge on any atom is -0.396 e. The third-order valence-corrected chi connectivity index (χ3v) is 6.57. The molecular formula is C25H48N2O4. The van der Waals surface area contributed by atoms with Crippen LogP contribution < -0.4 is 5.32 Å². The Morgan fingerprint density at radius 1 is 0.871 bits per heavy atom. The Morgan fingerprint density at radius 3 is 1.87 bits per heavy atom. The van der Waals surface area contributed by atoms with Crippen LogP contribution in [0.3, 0.4) is 0 Å². The van der Waals surface area contributed by atoms with E-state index in [1.165, 1.54) is 24.2 Å². The molecule has 1 rings (SSSR count). The molecule has 0 aromatic carbocycles. The zero-order valence-electron chi connectivity index (χ0n) is 20.8. The molecule has 0 aromatic heterocycles. The number of rotatable bonds is 18. The van der Waals surface area contributed by atoms with Gasteiger partial charge in [-0.3, -0.25) is 9.69 Å². The Bertz CT molecular complexity index is 534. The maximum atomic E-state index is 12.2. The second-order valence-electron chi connectivity index (χ2n) is 10.7. The third-order valence-electron chi connectivity index (χ3n) is 6.57. The summed E-state index contributed by atoms with van der Waals surface area (Å²) in [4.78, 5) is 25.5. The number of carbonyl (C=O) groups excluding carboxylic acids is 2. The first-order chi connectivity index (χ1) is 14.6. The summed E-state index contributed by atoms with van der Waals surface area (Å²) in [7, 11) is 0. The summed E-state index contributed by atoms with van der Waals surface area (Å²) in [5.74, 6) is -0.0785. The molecule has 2 N–H and O–H groups in total. The van der Waals surface area contributed by atoms with Crippen LogP contribution in [0.4, 0.5) is 4.79 Å². The number of hydrogen-bond acceptors (Lipinski definition) is 4. The fourth-order valence-corrected chi connectivity index (χ4v) is 4.16. The fourth-order valence-electron chi connectivity index (χ4n) is 4.16. The molecule has 1 heterocycles. The van der Waals surface area contributed by atoms with E-state index in [1.807, 2.05) is 6.92 Å². The highest BCUT2D eigenvalue weighted by atomic mass is 16.5. The molecule has 1 fully saturated rings. The number of nitrogens with one attached hydrogen (secondary N) is 1. The van der Waals surface area contributed by atoms with Gasteiger partial charge >= 0.3 is 6.03 Å². The smallest absolute Gasteiger partial charge is 0.324 e. The molecule has 1 unspecified atom stereocenters. The average molecular weight is 441 g/mol. The minimum atomic E-state index is -0.343. The Balaban J connectivity index is 2.06. The van der Waals surface area contributed by atoms with E-state index in [1.54, 1.807) is 0 Å². The summed E-state index contributed by atoms with van der Waals surface area (Å²) in [5.41, 5.74) is 0.463. The first-order valence-electron chi connectivity index (χ1n) is 12.4. The number of amides is 3. The van der Waals surface area contributed by atoms with Crippen molar-refractivity contribution < 1.29 is 19.4 Å². The van der Waals surface area contributed by atoms with Gasteiger partial charge in [0.05, 0.1) is 0 Å². The van der Waals surface area contributed by atoms with Gasteiger partial charge in [-0.2, -0.15) is 0 Å². The second-order valence-corrected chi connectivity index (χ2v) is 10.7. The third kappa shape index (κ3) is 11.3. The number of unbranched alkanes of at least 4 members (excludes halogenated alkanes) is 3. The number of hydrogen-bond donors (Lipinski definition) is 2. The lowest BCUT2D eigenvalue weighted by Crippen LogP contribution is -2.34. The predicted molar refractivity (Wildman–Crippen MR) is 126 cm³/mol. The van der Waals surface area contributed by atoms with Crippen LogP contribution in [0.25, 0.3) is 0 Å². The molecule has 1 atom stereocenters. The van der Waals surface area contributed by atoms with Gasteiger partial charge in [0.1, 0.15) is 6.04 Å². The molecule has 0 aliphatic carbocycles. The van der Waals surface area contributed by atoms with E-state index < -0.39 is 0 Å². The van der Waals surface area contributed by atoms with Crippen molar-refractivity contribution in [1.29, 1.82) is 0 Å². The van der Waals surface area contributed by atoms with E-state index >= 15 is 0 Å².